The summed E-state index contributed by atoms with van der Waals surface area (Å²) in [6.07, 6.45) is 0. The molecule has 0 radical (unpaired) electrons. The molecule has 0 fully saturated rings. The molecule has 1 aromatic rings. The Labute approximate surface area is 117 Å². The molecule has 1 aromatic carbocycles. The van der Waals surface area contributed by atoms with E-state index in [0.717, 1.165) is 4.31 Å². The number of hydrogen-bond acceptors (Lipinski definition) is 5. The fraction of sp³-hybridized carbons (Fsp3) is 0.417. The summed E-state index contributed by atoms with van der Waals surface area (Å²) in [6.45, 7) is 3.02. The van der Waals surface area contributed by atoms with Crippen molar-refractivity contribution in [1.82, 2.24) is 4.31 Å². The van der Waals surface area contributed by atoms with Crippen molar-refractivity contribution in [3.63, 3.8) is 0 Å². The number of rotatable bonds is 6. The maximum Gasteiger partial charge on any atom is 0.273 e. The molecule has 0 N–H and O–H groups in total. The van der Waals surface area contributed by atoms with Crippen LogP contribution in [0, 0.1) is 21.4 Å². The van der Waals surface area contributed by atoms with Crippen molar-refractivity contribution in [2.24, 2.45) is 0 Å². The molecule has 0 aromatic heterocycles. The lowest BCUT2D eigenvalue weighted by molar-refractivity contribution is -0.385. The molecule has 108 valence electrons. The van der Waals surface area contributed by atoms with Crippen molar-refractivity contribution in [2.75, 3.05) is 6.54 Å². The van der Waals surface area contributed by atoms with Gasteiger partial charge in [-0.15, -0.1) is 0 Å². The fourth-order valence-electron chi connectivity index (χ4n) is 1.76. The van der Waals surface area contributed by atoms with E-state index < -0.39 is 20.7 Å². The molecule has 1 rings (SSSR count). The van der Waals surface area contributed by atoms with E-state index >= 15 is 0 Å². The molecule has 0 aliphatic carbocycles. The van der Waals surface area contributed by atoms with Crippen LogP contribution in [0.4, 0.5) is 5.69 Å². The lowest BCUT2D eigenvalue weighted by atomic mass is 10.2. The number of hydrogen-bond donors (Lipinski definition) is 0. The number of nitrogens with zero attached hydrogens (tertiary/aromatic N) is 3. The van der Waals surface area contributed by atoms with Gasteiger partial charge in [-0.25, -0.2) is 8.42 Å². The highest BCUT2D eigenvalue weighted by Crippen LogP contribution is 2.22. The third-order valence-corrected chi connectivity index (χ3v) is 4.63. The monoisotopic (exact) mass is 297 g/mol. The lowest BCUT2D eigenvalue weighted by Crippen LogP contribution is -2.38. The van der Waals surface area contributed by atoms with Crippen LogP contribution in [0.1, 0.15) is 19.4 Å². The van der Waals surface area contributed by atoms with Crippen LogP contribution in [-0.2, 0) is 15.8 Å². The largest absolute Gasteiger partial charge is 0.273 e. The Kier molecular flexibility index (Phi) is 5.19. The van der Waals surface area contributed by atoms with Gasteiger partial charge in [-0.1, -0.05) is 18.2 Å². The second-order valence-corrected chi connectivity index (χ2v) is 6.36. The molecule has 0 saturated carbocycles. The van der Waals surface area contributed by atoms with Crippen molar-refractivity contribution in [2.45, 2.75) is 25.6 Å². The minimum Gasteiger partial charge on any atom is -0.258 e. The summed E-state index contributed by atoms with van der Waals surface area (Å²) in [7, 11) is -3.79. The van der Waals surface area contributed by atoms with Crippen LogP contribution < -0.4 is 0 Å². The maximum atomic E-state index is 12.3. The number of para-hydroxylation sites is 1. The number of nitriles is 1. The van der Waals surface area contributed by atoms with Crippen LogP contribution in [0.25, 0.3) is 0 Å². The highest BCUT2D eigenvalue weighted by atomic mass is 32.2. The van der Waals surface area contributed by atoms with Gasteiger partial charge in [0.15, 0.2) is 0 Å². The molecule has 0 saturated heterocycles. The summed E-state index contributed by atoms with van der Waals surface area (Å²) in [5.41, 5.74) is -0.127. The Morgan fingerprint density at radius 1 is 1.40 bits per heavy atom. The summed E-state index contributed by atoms with van der Waals surface area (Å²) in [6, 6.07) is 7.09. The van der Waals surface area contributed by atoms with Gasteiger partial charge in [0, 0.05) is 17.7 Å². The first-order chi connectivity index (χ1) is 9.29. The molecular formula is C12H15N3O4S. The van der Waals surface area contributed by atoms with Gasteiger partial charge >= 0.3 is 0 Å². The molecule has 8 heteroatoms. The molecule has 0 heterocycles. The smallest absolute Gasteiger partial charge is 0.258 e. The van der Waals surface area contributed by atoms with Gasteiger partial charge in [0.1, 0.15) is 6.54 Å². The zero-order valence-corrected chi connectivity index (χ0v) is 12.0. The van der Waals surface area contributed by atoms with E-state index in [2.05, 4.69) is 0 Å². The van der Waals surface area contributed by atoms with Crippen molar-refractivity contribution in [3.8, 4) is 6.07 Å². The van der Waals surface area contributed by atoms with Crippen molar-refractivity contribution < 1.29 is 13.3 Å². The molecule has 7 nitrogen and oxygen atoms in total. The van der Waals surface area contributed by atoms with Crippen LogP contribution in [0.3, 0.4) is 0 Å². The van der Waals surface area contributed by atoms with Crippen molar-refractivity contribution >= 4 is 15.7 Å². The third-order valence-electron chi connectivity index (χ3n) is 2.69. The average molecular weight is 297 g/mol. The van der Waals surface area contributed by atoms with Crippen molar-refractivity contribution in [1.29, 1.82) is 5.26 Å². The molecule has 20 heavy (non-hydrogen) atoms. The van der Waals surface area contributed by atoms with E-state index in [1.165, 1.54) is 18.2 Å². The normalized spacial score (nSPS) is 11.6. The third kappa shape index (κ3) is 3.76. The Morgan fingerprint density at radius 2 is 2.00 bits per heavy atom. The predicted octanol–water partition coefficient (Wildman–Crippen LogP) is 1.66. The highest BCUT2D eigenvalue weighted by Gasteiger charge is 2.27. The molecular weight excluding hydrogens is 282 g/mol. The number of sulfonamides is 1. The van der Waals surface area contributed by atoms with Gasteiger partial charge in [-0.05, 0) is 13.8 Å². The van der Waals surface area contributed by atoms with E-state index in [1.807, 2.05) is 0 Å². The van der Waals surface area contributed by atoms with Gasteiger partial charge in [-0.2, -0.15) is 9.57 Å². The zero-order valence-electron chi connectivity index (χ0n) is 11.2. The van der Waals surface area contributed by atoms with E-state index in [-0.39, 0.29) is 23.8 Å². The second-order valence-electron chi connectivity index (χ2n) is 4.44. The molecule has 0 atom stereocenters. The summed E-state index contributed by atoms with van der Waals surface area (Å²) in [5, 5.41) is 19.6. The first-order valence-electron chi connectivity index (χ1n) is 5.88. The Bertz CT molecular complexity index is 634. The van der Waals surface area contributed by atoms with Crippen LogP contribution in [0.15, 0.2) is 24.3 Å². The van der Waals surface area contributed by atoms with Crippen LogP contribution in [0.5, 0.6) is 0 Å². The lowest BCUT2D eigenvalue weighted by Gasteiger charge is -2.22. The van der Waals surface area contributed by atoms with E-state index in [0.29, 0.717) is 0 Å². The number of nitro benzene ring substituents is 1. The van der Waals surface area contributed by atoms with Gasteiger partial charge in [0.05, 0.1) is 16.7 Å². The quantitative estimate of drug-likeness (QED) is 0.451. The molecule has 0 aliphatic heterocycles. The summed E-state index contributed by atoms with van der Waals surface area (Å²) in [4.78, 5) is 10.3. The fourth-order valence-corrected chi connectivity index (χ4v) is 3.46. The number of nitro groups is 1. The van der Waals surface area contributed by atoms with E-state index in [1.54, 1.807) is 26.0 Å². The first-order valence-corrected chi connectivity index (χ1v) is 7.49. The van der Waals surface area contributed by atoms with E-state index in [4.69, 9.17) is 5.26 Å². The zero-order chi connectivity index (χ0) is 15.3. The van der Waals surface area contributed by atoms with Crippen LogP contribution in [0.2, 0.25) is 0 Å². The Morgan fingerprint density at radius 3 is 2.50 bits per heavy atom. The highest BCUT2D eigenvalue weighted by molar-refractivity contribution is 7.88. The summed E-state index contributed by atoms with van der Waals surface area (Å²) >= 11 is 0. The van der Waals surface area contributed by atoms with Crippen molar-refractivity contribution in [3.05, 3.63) is 39.9 Å². The molecule has 0 aliphatic rings. The second kappa shape index (κ2) is 6.45. The Hall–Kier alpha value is -1.98. The van der Waals surface area contributed by atoms with Gasteiger partial charge in [0.2, 0.25) is 10.0 Å². The van der Waals surface area contributed by atoms with Crippen LogP contribution >= 0.6 is 0 Å². The minimum atomic E-state index is -3.79. The van der Waals surface area contributed by atoms with Gasteiger partial charge < -0.3 is 0 Å². The summed E-state index contributed by atoms with van der Waals surface area (Å²) in [5.74, 6) is -0.496. The van der Waals surface area contributed by atoms with E-state index in [9.17, 15) is 18.5 Å². The van der Waals surface area contributed by atoms with Gasteiger partial charge in [0.25, 0.3) is 5.69 Å². The standard InChI is InChI=1S/C12H15N3O4S/c1-10(2)14(8-7-13)20(18,19)9-11-5-3-4-6-12(11)15(16)17/h3-6,10H,8-9H2,1-2H3. The average Bonchev–Trinajstić information content (AvgIpc) is 2.35. The molecule has 0 bridgehead atoms. The first kappa shape index (κ1) is 16.1. The SMILES string of the molecule is CC(C)N(CC#N)S(=O)(=O)Cc1ccccc1[N+](=O)[O-]. The summed E-state index contributed by atoms with van der Waals surface area (Å²) < 4.78 is 25.5. The van der Waals surface area contributed by atoms with Gasteiger partial charge in [-0.3, -0.25) is 10.1 Å². The predicted molar refractivity (Wildman–Crippen MR) is 73.2 cm³/mol. The molecule has 0 unspecified atom stereocenters. The maximum absolute atomic E-state index is 12.3. The van der Waals surface area contributed by atoms with Crippen LogP contribution in [-0.4, -0.2) is 30.2 Å². The molecule has 0 amide bonds. The number of benzene rings is 1. The topological polar surface area (TPSA) is 104 Å². The molecule has 0 spiro atoms. The Balaban J connectivity index is 3.14. The minimum absolute atomic E-state index is 0.112.